The van der Waals surface area contributed by atoms with E-state index in [4.69, 9.17) is 5.26 Å². The number of nitriles is 1. The third-order valence-electron chi connectivity index (χ3n) is 2.41. The second-order valence-corrected chi connectivity index (χ2v) is 4.89. The summed E-state index contributed by atoms with van der Waals surface area (Å²) >= 11 is 1.48. The van der Waals surface area contributed by atoms with Gasteiger partial charge in [0, 0.05) is 17.0 Å². The number of nitrogens with zero attached hydrogens (tertiary/aromatic N) is 1. The van der Waals surface area contributed by atoms with Crippen molar-refractivity contribution in [3.8, 4) is 6.07 Å². The third kappa shape index (κ3) is 2.99. The molecule has 0 spiro atoms. The Morgan fingerprint density at radius 1 is 1.39 bits per heavy atom. The fourth-order valence-corrected chi connectivity index (χ4v) is 2.56. The van der Waals surface area contributed by atoms with Crippen LogP contribution >= 0.6 is 11.8 Å². The first-order chi connectivity index (χ1) is 8.49. The maximum Gasteiger partial charge on any atom is 0.416 e. The van der Waals surface area contributed by atoms with Crippen LogP contribution in [0.2, 0.25) is 0 Å². The van der Waals surface area contributed by atoms with Crippen LogP contribution in [-0.2, 0) is 6.18 Å². The lowest BCUT2D eigenvalue weighted by atomic mass is 10.2. The minimum Gasteiger partial charge on any atom is -0.370 e. The van der Waals surface area contributed by atoms with E-state index >= 15 is 0 Å². The monoisotopic (exact) mass is 270 g/mol. The molecule has 1 N–H and O–H groups in total. The van der Waals surface area contributed by atoms with Crippen molar-refractivity contribution < 1.29 is 13.2 Å². The highest BCUT2D eigenvalue weighted by atomic mass is 32.2. The average molecular weight is 270 g/mol. The van der Waals surface area contributed by atoms with Crippen molar-refractivity contribution in [2.75, 3.05) is 11.1 Å². The summed E-state index contributed by atoms with van der Waals surface area (Å²) in [6.45, 7) is 0. The molecule has 1 aliphatic heterocycles. The molecule has 0 aromatic heterocycles. The topological polar surface area (TPSA) is 35.8 Å². The zero-order valence-corrected chi connectivity index (χ0v) is 9.98. The molecule has 2 nitrogen and oxygen atoms in total. The van der Waals surface area contributed by atoms with Crippen LogP contribution < -0.4 is 5.32 Å². The minimum absolute atomic E-state index is 0.150. The maximum absolute atomic E-state index is 12.5. The average Bonchev–Trinajstić information content (AvgIpc) is 2.76. The quantitative estimate of drug-likeness (QED) is 0.891. The van der Waals surface area contributed by atoms with Crippen molar-refractivity contribution in [2.45, 2.75) is 11.6 Å². The van der Waals surface area contributed by atoms with E-state index < -0.39 is 11.7 Å². The zero-order valence-electron chi connectivity index (χ0n) is 9.16. The maximum atomic E-state index is 12.5. The molecule has 1 atom stereocenters. The molecule has 2 rings (SSSR count). The Bertz CT molecular complexity index is 517. The molecular weight excluding hydrogens is 261 g/mol. The van der Waals surface area contributed by atoms with Gasteiger partial charge in [-0.15, -0.1) is 11.8 Å². The third-order valence-corrected chi connectivity index (χ3v) is 3.50. The van der Waals surface area contributed by atoms with Gasteiger partial charge in [0.1, 0.15) is 0 Å². The first-order valence-electron chi connectivity index (χ1n) is 5.15. The second kappa shape index (κ2) is 4.94. The van der Waals surface area contributed by atoms with Crippen molar-refractivity contribution in [1.82, 2.24) is 0 Å². The Balaban J connectivity index is 2.12. The number of anilines is 1. The van der Waals surface area contributed by atoms with Gasteiger partial charge in [-0.2, -0.15) is 18.4 Å². The van der Waals surface area contributed by atoms with Gasteiger partial charge in [0.15, 0.2) is 0 Å². The number of rotatable bonds is 2. The summed E-state index contributed by atoms with van der Waals surface area (Å²) in [6, 6.07) is 7.07. The predicted molar refractivity (Wildman–Crippen MR) is 65.0 cm³/mol. The highest BCUT2D eigenvalue weighted by Crippen LogP contribution is 2.32. The lowest BCUT2D eigenvalue weighted by Crippen LogP contribution is -2.11. The molecule has 94 valence electrons. The molecule has 6 heteroatoms. The van der Waals surface area contributed by atoms with Crippen LogP contribution in [0.4, 0.5) is 18.9 Å². The van der Waals surface area contributed by atoms with E-state index in [-0.39, 0.29) is 5.37 Å². The smallest absolute Gasteiger partial charge is 0.370 e. The summed E-state index contributed by atoms with van der Waals surface area (Å²) in [5.74, 6) is 0.590. The van der Waals surface area contributed by atoms with Gasteiger partial charge in [0.05, 0.1) is 17.0 Å². The van der Waals surface area contributed by atoms with E-state index in [9.17, 15) is 13.2 Å². The molecule has 0 saturated heterocycles. The largest absolute Gasteiger partial charge is 0.416 e. The standard InChI is InChI=1S/C12H9F3N2S/c13-12(14,15)9-2-1-3-10(5-9)17-11-4-8(6-16)7-18-11/h1-5,11,17H,7H2. The lowest BCUT2D eigenvalue weighted by Gasteiger charge is -2.13. The van der Waals surface area contributed by atoms with Crippen molar-refractivity contribution >= 4 is 17.4 Å². The van der Waals surface area contributed by atoms with E-state index in [1.165, 1.54) is 17.8 Å². The van der Waals surface area contributed by atoms with Crippen molar-refractivity contribution in [3.05, 3.63) is 41.5 Å². The van der Waals surface area contributed by atoms with Gasteiger partial charge in [-0.05, 0) is 24.3 Å². The van der Waals surface area contributed by atoms with Crippen LogP contribution in [0.15, 0.2) is 35.9 Å². The molecule has 0 bridgehead atoms. The molecule has 1 heterocycles. The summed E-state index contributed by atoms with van der Waals surface area (Å²) in [7, 11) is 0. The molecule has 1 aromatic rings. The van der Waals surface area contributed by atoms with Crippen LogP contribution in [0.25, 0.3) is 0 Å². The summed E-state index contributed by atoms with van der Waals surface area (Å²) in [4.78, 5) is 0. The van der Waals surface area contributed by atoms with E-state index in [0.29, 0.717) is 17.0 Å². The lowest BCUT2D eigenvalue weighted by molar-refractivity contribution is -0.137. The van der Waals surface area contributed by atoms with Crippen LogP contribution in [-0.4, -0.2) is 11.1 Å². The van der Waals surface area contributed by atoms with Gasteiger partial charge in [-0.3, -0.25) is 0 Å². The van der Waals surface area contributed by atoms with Crippen LogP contribution in [0.3, 0.4) is 0 Å². The molecule has 0 amide bonds. The number of benzene rings is 1. The highest BCUT2D eigenvalue weighted by Gasteiger charge is 2.30. The number of hydrogen-bond donors (Lipinski definition) is 1. The molecule has 18 heavy (non-hydrogen) atoms. The summed E-state index contributed by atoms with van der Waals surface area (Å²) in [5.41, 5.74) is 0.363. The van der Waals surface area contributed by atoms with E-state index in [1.807, 2.05) is 6.07 Å². The summed E-state index contributed by atoms with van der Waals surface area (Å²) in [6.07, 6.45) is -2.61. The predicted octanol–water partition coefficient (Wildman–Crippen LogP) is 3.64. The summed E-state index contributed by atoms with van der Waals surface area (Å²) in [5, 5.41) is 11.5. The van der Waals surface area contributed by atoms with E-state index in [2.05, 4.69) is 5.32 Å². The first-order valence-corrected chi connectivity index (χ1v) is 6.20. The van der Waals surface area contributed by atoms with Gasteiger partial charge in [0.25, 0.3) is 0 Å². The Morgan fingerprint density at radius 2 is 2.17 bits per heavy atom. The number of halogens is 3. The van der Waals surface area contributed by atoms with Crippen LogP contribution in [0, 0.1) is 11.3 Å². The summed E-state index contributed by atoms with van der Waals surface area (Å²) < 4.78 is 37.5. The fourth-order valence-electron chi connectivity index (χ4n) is 1.56. The number of alkyl halides is 3. The van der Waals surface area contributed by atoms with Gasteiger partial charge in [-0.1, -0.05) is 6.07 Å². The second-order valence-electron chi connectivity index (χ2n) is 3.76. The van der Waals surface area contributed by atoms with Gasteiger partial charge in [0.2, 0.25) is 0 Å². The molecule has 1 aliphatic rings. The van der Waals surface area contributed by atoms with E-state index in [1.54, 1.807) is 12.1 Å². The Morgan fingerprint density at radius 3 is 2.78 bits per heavy atom. The van der Waals surface area contributed by atoms with E-state index in [0.717, 1.165) is 12.1 Å². The molecule has 0 saturated carbocycles. The van der Waals surface area contributed by atoms with Crippen molar-refractivity contribution in [1.29, 1.82) is 5.26 Å². The number of hydrogen-bond acceptors (Lipinski definition) is 3. The number of thioether (sulfide) groups is 1. The fraction of sp³-hybridized carbons (Fsp3) is 0.250. The minimum atomic E-state index is -4.34. The molecule has 0 radical (unpaired) electrons. The van der Waals surface area contributed by atoms with Gasteiger partial charge >= 0.3 is 6.18 Å². The Labute approximate surface area is 106 Å². The van der Waals surface area contributed by atoms with Crippen molar-refractivity contribution in [2.24, 2.45) is 0 Å². The molecule has 1 unspecified atom stereocenters. The Kier molecular flexibility index (Phi) is 3.53. The first kappa shape index (κ1) is 12.8. The zero-order chi connectivity index (χ0) is 13.2. The van der Waals surface area contributed by atoms with Gasteiger partial charge in [-0.25, -0.2) is 0 Å². The molecule has 0 aliphatic carbocycles. The molecule has 0 fully saturated rings. The molecular formula is C12H9F3N2S. The van der Waals surface area contributed by atoms with Crippen LogP contribution in [0.5, 0.6) is 0 Å². The van der Waals surface area contributed by atoms with Crippen molar-refractivity contribution in [3.63, 3.8) is 0 Å². The van der Waals surface area contributed by atoms with Crippen LogP contribution in [0.1, 0.15) is 5.56 Å². The number of nitrogens with one attached hydrogen (secondary N) is 1. The normalized spacial score (nSPS) is 19.2. The molecule has 1 aromatic carbocycles. The Hall–Kier alpha value is -1.61. The SMILES string of the molecule is N#CC1=CC(Nc2cccc(C(F)(F)F)c2)SC1. The van der Waals surface area contributed by atoms with Gasteiger partial charge < -0.3 is 5.32 Å². The highest BCUT2D eigenvalue weighted by molar-refractivity contribution is 8.00.